The average Bonchev–Trinajstić information content (AvgIpc) is 2.35. The van der Waals surface area contributed by atoms with Crippen molar-refractivity contribution >= 4 is 23.3 Å². The normalized spacial score (nSPS) is 9.84. The van der Waals surface area contributed by atoms with Crippen molar-refractivity contribution in [1.29, 1.82) is 0 Å². The highest BCUT2D eigenvalue weighted by Gasteiger charge is 2.08. The molecule has 0 heterocycles. The lowest BCUT2D eigenvalue weighted by atomic mass is 10.2. The second kappa shape index (κ2) is 7.41. The van der Waals surface area contributed by atoms with Gasteiger partial charge in [0, 0.05) is 31.9 Å². The number of hydrogen-bond donors (Lipinski definition) is 2. The standard InChI is InChI=1S/C14H21N3O2/c1-4-5-9-17(3)14(19)16-13-8-6-7-12(10-13)15-11(2)18/h6-8,10H,4-5,9H2,1-3H3,(H,15,18)(H,16,19). The fourth-order valence-electron chi connectivity index (χ4n) is 1.59. The second-order valence-electron chi connectivity index (χ2n) is 4.47. The molecule has 0 aliphatic rings. The molecular formula is C14H21N3O2. The molecule has 19 heavy (non-hydrogen) atoms. The van der Waals surface area contributed by atoms with Crippen LogP contribution in [0.3, 0.4) is 0 Å². The lowest BCUT2D eigenvalue weighted by molar-refractivity contribution is -0.114. The number of nitrogens with one attached hydrogen (secondary N) is 2. The Labute approximate surface area is 114 Å². The summed E-state index contributed by atoms with van der Waals surface area (Å²) < 4.78 is 0. The number of nitrogens with zero attached hydrogens (tertiary/aromatic N) is 1. The van der Waals surface area contributed by atoms with Crippen LogP contribution in [0.1, 0.15) is 26.7 Å². The van der Waals surface area contributed by atoms with Crippen LogP contribution in [0.5, 0.6) is 0 Å². The summed E-state index contributed by atoms with van der Waals surface area (Å²) in [5, 5.41) is 5.48. The van der Waals surface area contributed by atoms with Crippen molar-refractivity contribution in [1.82, 2.24) is 4.90 Å². The zero-order chi connectivity index (χ0) is 14.3. The van der Waals surface area contributed by atoms with Gasteiger partial charge in [-0.3, -0.25) is 4.79 Å². The molecule has 0 unspecified atom stereocenters. The maximum absolute atomic E-state index is 11.9. The van der Waals surface area contributed by atoms with Crippen LogP contribution >= 0.6 is 0 Å². The minimum Gasteiger partial charge on any atom is -0.328 e. The molecule has 1 rings (SSSR count). The highest BCUT2D eigenvalue weighted by molar-refractivity contribution is 5.92. The van der Waals surface area contributed by atoms with Crippen molar-refractivity contribution in [3.63, 3.8) is 0 Å². The van der Waals surface area contributed by atoms with E-state index in [1.54, 1.807) is 36.2 Å². The fraction of sp³-hybridized carbons (Fsp3) is 0.429. The molecule has 0 fully saturated rings. The number of anilines is 2. The first-order valence-electron chi connectivity index (χ1n) is 6.42. The van der Waals surface area contributed by atoms with E-state index in [1.165, 1.54) is 6.92 Å². The predicted octanol–water partition coefficient (Wildman–Crippen LogP) is 2.91. The first-order valence-corrected chi connectivity index (χ1v) is 6.42. The molecule has 0 saturated heterocycles. The minimum absolute atomic E-state index is 0.136. The van der Waals surface area contributed by atoms with Gasteiger partial charge in [-0.25, -0.2) is 4.79 Å². The van der Waals surface area contributed by atoms with Gasteiger partial charge in [0.2, 0.25) is 5.91 Å². The van der Waals surface area contributed by atoms with Crippen LogP contribution in [0, 0.1) is 0 Å². The first-order chi connectivity index (χ1) is 9.02. The van der Waals surface area contributed by atoms with E-state index in [9.17, 15) is 9.59 Å². The number of carbonyl (C=O) groups is 2. The third-order valence-corrected chi connectivity index (χ3v) is 2.63. The number of amides is 3. The van der Waals surface area contributed by atoms with Crippen LogP contribution in [0.15, 0.2) is 24.3 Å². The smallest absolute Gasteiger partial charge is 0.321 e. The van der Waals surface area contributed by atoms with Crippen molar-refractivity contribution in [2.24, 2.45) is 0 Å². The summed E-state index contributed by atoms with van der Waals surface area (Å²) >= 11 is 0. The van der Waals surface area contributed by atoms with E-state index in [-0.39, 0.29) is 11.9 Å². The Balaban J connectivity index is 2.61. The van der Waals surface area contributed by atoms with Crippen LogP contribution in [0.4, 0.5) is 16.2 Å². The molecular weight excluding hydrogens is 242 g/mol. The van der Waals surface area contributed by atoms with Crippen molar-refractivity contribution in [3.8, 4) is 0 Å². The Kier molecular flexibility index (Phi) is 5.85. The third kappa shape index (κ3) is 5.42. The molecule has 5 heteroatoms. The summed E-state index contributed by atoms with van der Waals surface area (Å²) in [6, 6.07) is 6.93. The Bertz CT molecular complexity index is 446. The van der Waals surface area contributed by atoms with E-state index in [0.29, 0.717) is 11.4 Å². The van der Waals surface area contributed by atoms with Gasteiger partial charge in [-0.15, -0.1) is 0 Å². The highest BCUT2D eigenvalue weighted by atomic mass is 16.2. The van der Waals surface area contributed by atoms with Gasteiger partial charge >= 0.3 is 6.03 Å². The SMILES string of the molecule is CCCCN(C)C(=O)Nc1cccc(NC(C)=O)c1. The molecule has 3 amide bonds. The van der Waals surface area contributed by atoms with Gasteiger partial charge in [-0.1, -0.05) is 19.4 Å². The van der Waals surface area contributed by atoms with Gasteiger partial charge in [0.15, 0.2) is 0 Å². The molecule has 0 aliphatic carbocycles. The maximum atomic E-state index is 11.9. The van der Waals surface area contributed by atoms with Crippen LogP contribution in [0.25, 0.3) is 0 Å². The minimum atomic E-state index is -0.145. The lowest BCUT2D eigenvalue weighted by Crippen LogP contribution is -2.32. The van der Waals surface area contributed by atoms with E-state index in [1.807, 2.05) is 0 Å². The summed E-state index contributed by atoms with van der Waals surface area (Å²) in [7, 11) is 1.77. The number of hydrogen-bond acceptors (Lipinski definition) is 2. The molecule has 0 aliphatic heterocycles. The Morgan fingerprint density at radius 1 is 1.21 bits per heavy atom. The summed E-state index contributed by atoms with van der Waals surface area (Å²) in [6.45, 7) is 4.26. The molecule has 104 valence electrons. The molecule has 0 spiro atoms. The summed E-state index contributed by atoms with van der Waals surface area (Å²) in [6.07, 6.45) is 2.03. The molecule has 1 aromatic carbocycles. The number of rotatable bonds is 5. The molecule has 5 nitrogen and oxygen atoms in total. The summed E-state index contributed by atoms with van der Waals surface area (Å²) in [4.78, 5) is 24.5. The molecule has 1 aromatic rings. The van der Waals surface area contributed by atoms with E-state index >= 15 is 0 Å². The van der Waals surface area contributed by atoms with Crippen molar-refractivity contribution < 1.29 is 9.59 Å². The van der Waals surface area contributed by atoms with Crippen LogP contribution in [-0.2, 0) is 4.79 Å². The van der Waals surface area contributed by atoms with Crippen LogP contribution in [-0.4, -0.2) is 30.4 Å². The number of urea groups is 1. The molecule has 2 N–H and O–H groups in total. The van der Waals surface area contributed by atoms with Gasteiger partial charge in [-0.2, -0.15) is 0 Å². The van der Waals surface area contributed by atoms with E-state index < -0.39 is 0 Å². The lowest BCUT2D eigenvalue weighted by Gasteiger charge is -2.17. The number of carbonyl (C=O) groups excluding carboxylic acids is 2. The molecule has 0 radical (unpaired) electrons. The third-order valence-electron chi connectivity index (χ3n) is 2.63. The van der Waals surface area contributed by atoms with E-state index in [2.05, 4.69) is 17.6 Å². The van der Waals surface area contributed by atoms with Crippen molar-refractivity contribution in [3.05, 3.63) is 24.3 Å². The number of benzene rings is 1. The van der Waals surface area contributed by atoms with Gasteiger partial charge in [0.25, 0.3) is 0 Å². The largest absolute Gasteiger partial charge is 0.328 e. The quantitative estimate of drug-likeness (QED) is 0.858. The summed E-state index contributed by atoms with van der Waals surface area (Å²) in [5.74, 6) is -0.136. The van der Waals surface area contributed by atoms with Gasteiger partial charge < -0.3 is 15.5 Å². The molecule has 0 saturated carbocycles. The van der Waals surface area contributed by atoms with Crippen molar-refractivity contribution in [2.45, 2.75) is 26.7 Å². The maximum Gasteiger partial charge on any atom is 0.321 e. The zero-order valence-electron chi connectivity index (χ0n) is 11.7. The first kappa shape index (κ1) is 15.0. The van der Waals surface area contributed by atoms with Crippen molar-refractivity contribution in [2.75, 3.05) is 24.2 Å². The molecule has 0 atom stereocenters. The fourth-order valence-corrected chi connectivity index (χ4v) is 1.59. The average molecular weight is 263 g/mol. The Morgan fingerprint density at radius 2 is 1.84 bits per heavy atom. The second-order valence-corrected chi connectivity index (χ2v) is 4.47. The van der Waals surface area contributed by atoms with Gasteiger partial charge in [0.1, 0.15) is 0 Å². The van der Waals surface area contributed by atoms with Crippen LogP contribution in [0.2, 0.25) is 0 Å². The summed E-state index contributed by atoms with van der Waals surface area (Å²) in [5.41, 5.74) is 1.33. The molecule has 0 bridgehead atoms. The van der Waals surface area contributed by atoms with Gasteiger partial charge in [-0.05, 0) is 24.6 Å². The van der Waals surface area contributed by atoms with E-state index in [4.69, 9.17) is 0 Å². The zero-order valence-corrected chi connectivity index (χ0v) is 11.7. The Hall–Kier alpha value is -2.04. The van der Waals surface area contributed by atoms with E-state index in [0.717, 1.165) is 19.4 Å². The number of unbranched alkanes of at least 4 members (excludes halogenated alkanes) is 1. The molecule has 0 aromatic heterocycles. The van der Waals surface area contributed by atoms with Gasteiger partial charge in [0.05, 0.1) is 0 Å². The highest BCUT2D eigenvalue weighted by Crippen LogP contribution is 2.15. The topological polar surface area (TPSA) is 61.4 Å². The predicted molar refractivity (Wildman–Crippen MR) is 77.3 cm³/mol. The monoisotopic (exact) mass is 263 g/mol. The Morgan fingerprint density at radius 3 is 2.42 bits per heavy atom. The van der Waals surface area contributed by atoms with Crippen LogP contribution < -0.4 is 10.6 Å².